The highest BCUT2D eigenvalue weighted by Crippen LogP contribution is 2.33. The maximum Gasteiger partial charge on any atom is 0.167 e. The van der Waals surface area contributed by atoms with Gasteiger partial charge in [0, 0.05) is 11.5 Å². The first-order chi connectivity index (χ1) is 10.6. The van der Waals surface area contributed by atoms with Gasteiger partial charge in [0.25, 0.3) is 0 Å². The van der Waals surface area contributed by atoms with E-state index in [1.807, 2.05) is 0 Å². The molecule has 0 aromatic carbocycles. The van der Waals surface area contributed by atoms with Crippen LogP contribution < -0.4 is 5.73 Å². The minimum absolute atomic E-state index is 0.0574. The summed E-state index contributed by atoms with van der Waals surface area (Å²) in [5.41, 5.74) is 6.59. The third-order valence-electron chi connectivity index (χ3n) is 3.52. The third-order valence-corrected chi connectivity index (χ3v) is 4.55. The van der Waals surface area contributed by atoms with Crippen molar-refractivity contribution in [2.24, 2.45) is 0 Å². The van der Waals surface area contributed by atoms with Gasteiger partial charge in [-0.1, -0.05) is 0 Å². The Morgan fingerprint density at radius 1 is 1.27 bits per heavy atom. The summed E-state index contributed by atoms with van der Waals surface area (Å²) in [6.07, 6.45) is -0.690. The molecule has 1 aliphatic heterocycles. The van der Waals surface area contributed by atoms with Crippen LogP contribution in [0.25, 0.3) is 11.2 Å². The van der Waals surface area contributed by atoms with Crippen LogP contribution >= 0.6 is 11.8 Å². The lowest BCUT2D eigenvalue weighted by molar-refractivity contribution is -0.0289. The Balaban J connectivity index is 1.83. The molecule has 2 aromatic heterocycles. The summed E-state index contributed by atoms with van der Waals surface area (Å²) in [6, 6.07) is 0. The van der Waals surface area contributed by atoms with Crippen molar-refractivity contribution in [3.8, 4) is 0 Å². The van der Waals surface area contributed by atoms with Crippen LogP contribution in [0, 0.1) is 0 Å². The summed E-state index contributed by atoms with van der Waals surface area (Å²) in [4.78, 5) is 12.1. The number of aliphatic hydroxyl groups is 3. The Bertz CT molecular complexity index is 653. The van der Waals surface area contributed by atoms with Gasteiger partial charge in [0.05, 0.1) is 19.0 Å². The summed E-state index contributed by atoms with van der Waals surface area (Å²) in [5.74, 6) is 1.26. The van der Waals surface area contributed by atoms with E-state index in [9.17, 15) is 10.2 Å². The molecule has 0 aliphatic carbocycles. The van der Waals surface area contributed by atoms with E-state index < -0.39 is 24.5 Å². The van der Waals surface area contributed by atoms with E-state index in [2.05, 4.69) is 15.0 Å². The van der Waals surface area contributed by atoms with Gasteiger partial charge >= 0.3 is 0 Å². The molecule has 3 heterocycles. The van der Waals surface area contributed by atoms with E-state index in [1.165, 1.54) is 29.0 Å². The van der Waals surface area contributed by atoms with Crippen molar-refractivity contribution >= 4 is 28.7 Å². The first kappa shape index (κ1) is 15.4. The number of nitrogens with zero attached hydrogens (tertiary/aromatic N) is 4. The summed E-state index contributed by atoms with van der Waals surface area (Å²) < 4.78 is 7.28. The molecule has 0 radical (unpaired) electrons. The highest BCUT2D eigenvalue weighted by atomic mass is 32.2. The van der Waals surface area contributed by atoms with Gasteiger partial charge in [0.1, 0.15) is 24.1 Å². The molecule has 1 aliphatic rings. The molecule has 2 aromatic rings. The van der Waals surface area contributed by atoms with Crippen LogP contribution in [0.2, 0.25) is 0 Å². The number of rotatable bonds is 5. The fourth-order valence-electron chi connectivity index (χ4n) is 2.42. The molecule has 3 rings (SSSR count). The molecule has 0 amide bonds. The number of nitrogen functional groups attached to an aromatic ring is 1. The van der Waals surface area contributed by atoms with Gasteiger partial charge in [-0.25, -0.2) is 15.0 Å². The highest BCUT2D eigenvalue weighted by Gasteiger charge is 2.44. The normalized spacial score (nSPS) is 28.5. The van der Waals surface area contributed by atoms with Crippen molar-refractivity contribution < 1.29 is 20.1 Å². The van der Waals surface area contributed by atoms with E-state index >= 15 is 0 Å². The SMILES string of the molecule is Nc1ncnc2c1ncn2[C@@H]1O[C@H](CSCCO)C(O)C1O. The number of aromatic nitrogens is 4. The summed E-state index contributed by atoms with van der Waals surface area (Å²) in [5, 5.41) is 29.1. The fraction of sp³-hybridized carbons (Fsp3) is 0.583. The quantitative estimate of drug-likeness (QED) is 0.496. The van der Waals surface area contributed by atoms with Crippen molar-refractivity contribution in [2.75, 3.05) is 23.8 Å². The zero-order valence-corrected chi connectivity index (χ0v) is 12.4. The van der Waals surface area contributed by atoms with Gasteiger partial charge in [-0.2, -0.15) is 11.8 Å². The minimum Gasteiger partial charge on any atom is -0.396 e. The zero-order valence-electron chi connectivity index (χ0n) is 11.6. The Labute approximate surface area is 130 Å². The number of ether oxygens (including phenoxy) is 1. The molecule has 4 atom stereocenters. The smallest absolute Gasteiger partial charge is 0.167 e. The van der Waals surface area contributed by atoms with Crippen molar-refractivity contribution in [1.82, 2.24) is 19.5 Å². The van der Waals surface area contributed by atoms with Gasteiger partial charge in [-0.05, 0) is 0 Å². The Morgan fingerprint density at radius 2 is 2.09 bits per heavy atom. The molecule has 0 bridgehead atoms. The van der Waals surface area contributed by atoms with Crippen LogP contribution in [0.1, 0.15) is 6.23 Å². The Morgan fingerprint density at radius 3 is 2.86 bits per heavy atom. The number of hydrogen-bond donors (Lipinski definition) is 4. The van der Waals surface area contributed by atoms with E-state index in [1.54, 1.807) is 0 Å². The summed E-state index contributed by atoms with van der Waals surface area (Å²) >= 11 is 1.45. The number of anilines is 1. The van der Waals surface area contributed by atoms with Crippen molar-refractivity contribution in [2.45, 2.75) is 24.5 Å². The van der Waals surface area contributed by atoms with Crippen LogP contribution in [0.3, 0.4) is 0 Å². The van der Waals surface area contributed by atoms with Crippen LogP contribution in [0.5, 0.6) is 0 Å². The van der Waals surface area contributed by atoms with Crippen LogP contribution in [-0.2, 0) is 4.74 Å². The molecule has 9 nitrogen and oxygen atoms in total. The van der Waals surface area contributed by atoms with Gasteiger partial charge in [-0.15, -0.1) is 0 Å². The second-order valence-electron chi connectivity index (χ2n) is 4.93. The first-order valence-electron chi connectivity index (χ1n) is 6.76. The monoisotopic (exact) mass is 327 g/mol. The minimum atomic E-state index is -1.10. The molecule has 120 valence electrons. The number of fused-ring (bicyclic) bond motifs is 1. The summed E-state index contributed by atoms with van der Waals surface area (Å²) in [7, 11) is 0. The Hall–Kier alpha value is -1.46. The lowest BCUT2D eigenvalue weighted by Crippen LogP contribution is -2.32. The largest absolute Gasteiger partial charge is 0.396 e. The summed E-state index contributed by atoms with van der Waals surface area (Å²) in [6.45, 7) is 0.0574. The molecule has 1 fully saturated rings. The van der Waals surface area contributed by atoms with E-state index in [0.29, 0.717) is 22.7 Å². The predicted molar refractivity (Wildman–Crippen MR) is 80.1 cm³/mol. The molecule has 0 spiro atoms. The van der Waals surface area contributed by atoms with Gasteiger partial charge < -0.3 is 25.8 Å². The van der Waals surface area contributed by atoms with Gasteiger partial charge in [0.15, 0.2) is 17.7 Å². The number of thioether (sulfide) groups is 1. The van der Waals surface area contributed by atoms with Crippen LogP contribution in [-0.4, -0.2) is 71.3 Å². The molecular formula is C12H17N5O4S. The lowest BCUT2D eigenvalue weighted by atomic mass is 10.1. The number of nitrogens with two attached hydrogens (primary N) is 1. The second kappa shape index (κ2) is 6.34. The van der Waals surface area contributed by atoms with E-state index in [0.717, 1.165) is 0 Å². The van der Waals surface area contributed by atoms with Crippen LogP contribution in [0.15, 0.2) is 12.7 Å². The molecule has 22 heavy (non-hydrogen) atoms. The van der Waals surface area contributed by atoms with Crippen LogP contribution in [0.4, 0.5) is 5.82 Å². The van der Waals surface area contributed by atoms with Crippen molar-refractivity contribution in [3.05, 3.63) is 12.7 Å². The highest BCUT2D eigenvalue weighted by molar-refractivity contribution is 7.99. The predicted octanol–water partition coefficient (Wildman–Crippen LogP) is -1.25. The first-order valence-corrected chi connectivity index (χ1v) is 7.92. The van der Waals surface area contributed by atoms with Crippen molar-refractivity contribution in [1.29, 1.82) is 0 Å². The number of imidazole rings is 1. The maximum atomic E-state index is 10.2. The van der Waals surface area contributed by atoms with Crippen molar-refractivity contribution in [3.63, 3.8) is 0 Å². The topological polar surface area (TPSA) is 140 Å². The van der Waals surface area contributed by atoms with E-state index in [4.69, 9.17) is 15.6 Å². The molecule has 1 saturated heterocycles. The maximum absolute atomic E-state index is 10.2. The number of hydrogen-bond acceptors (Lipinski definition) is 9. The lowest BCUT2D eigenvalue weighted by Gasteiger charge is -2.16. The second-order valence-corrected chi connectivity index (χ2v) is 6.08. The zero-order chi connectivity index (χ0) is 15.7. The van der Waals surface area contributed by atoms with Gasteiger partial charge in [-0.3, -0.25) is 4.57 Å². The number of aliphatic hydroxyl groups excluding tert-OH is 3. The molecule has 0 saturated carbocycles. The van der Waals surface area contributed by atoms with E-state index in [-0.39, 0.29) is 12.4 Å². The third kappa shape index (κ3) is 2.63. The average Bonchev–Trinajstić information content (AvgIpc) is 3.05. The molecule has 10 heteroatoms. The standard InChI is InChI=1S/C12H17N5O4S/c13-10-7-11(15-4-14-10)17(5-16-7)12-9(20)8(19)6(21-12)3-22-2-1-18/h4-6,8-9,12,18-20H,1-3H2,(H2,13,14,15)/t6-,8?,9?,12-/m1/s1. The molecule has 2 unspecified atom stereocenters. The Kier molecular flexibility index (Phi) is 4.45. The molecule has 5 N–H and O–H groups in total. The average molecular weight is 327 g/mol. The molecular weight excluding hydrogens is 310 g/mol. The fourth-order valence-corrected chi connectivity index (χ4v) is 3.22. The van der Waals surface area contributed by atoms with Gasteiger partial charge in [0.2, 0.25) is 0 Å².